The van der Waals surface area contributed by atoms with E-state index >= 15 is 0 Å². The lowest BCUT2D eigenvalue weighted by molar-refractivity contribution is 0.448. The molecule has 0 aliphatic heterocycles. The maximum absolute atomic E-state index is 14.6. The highest BCUT2D eigenvalue weighted by Gasteiger charge is 2.23. The van der Waals surface area contributed by atoms with Gasteiger partial charge in [-0.2, -0.15) is 5.26 Å². The second-order valence-corrected chi connectivity index (χ2v) is 11.7. The zero-order valence-corrected chi connectivity index (χ0v) is 26.3. The maximum Gasteiger partial charge on any atom is 0.194 e. The highest BCUT2D eigenvalue weighted by molar-refractivity contribution is 6.22. The van der Waals surface area contributed by atoms with Crippen LogP contribution in [0.5, 0.6) is 0 Å². The van der Waals surface area contributed by atoms with Crippen LogP contribution in [-0.2, 0) is 0 Å². The van der Waals surface area contributed by atoms with E-state index in [0.29, 0.717) is 89.0 Å². The van der Waals surface area contributed by atoms with Crippen LogP contribution in [0.15, 0.2) is 115 Å². The standard InChI is InChI=1S/C42H19F3N6/c1-47-27-15-11-23(12-16-27)39-40(24-13-17-28(48-2)18-14-24)51-42-35(50-39)21-26(22-46)36-31-9-5-6-10-34(31)49-41(37(36)42)30-8-4-3-7-29(30)25-19-32(43)38(45)33(44)20-25/h3-21H. The highest BCUT2D eigenvalue weighted by Crippen LogP contribution is 2.43. The summed E-state index contributed by atoms with van der Waals surface area (Å²) < 4.78 is 43.2. The first-order chi connectivity index (χ1) is 24.9. The molecule has 0 spiro atoms. The molecule has 6 nitrogen and oxygen atoms in total. The van der Waals surface area contributed by atoms with Crippen molar-refractivity contribution in [2.45, 2.75) is 0 Å². The molecule has 9 heteroatoms. The van der Waals surface area contributed by atoms with Gasteiger partial charge in [-0.3, -0.25) is 0 Å². The van der Waals surface area contributed by atoms with Crippen molar-refractivity contribution in [3.63, 3.8) is 0 Å². The molecule has 0 N–H and O–H groups in total. The lowest BCUT2D eigenvalue weighted by Gasteiger charge is -2.18. The molecule has 0 saturated heterocycles. The number of nitrogens with zero attached hydrogens (tertiary/aromatic N) is 6. The highest BCUT2D eigenvalue weighted by atomic mass is 19.2. The largest absolute Gasteiger partial charge is 0.247 e. The van der Waals surface area contributed by atoms with Gasteiger partial charge >= 0.3 is 0 Å². The minimum atomic E-state index is -1.57. The quantitative estimate of drug-likeness (QED) is 0.107. The van der Waals surface area contributed by atoms with Gasteiger partial charge in [0.15, 0.2) is 28.8 Å². The predicted molar refractivity (Wildman–Crippen MR) is 191 cm³/mol. The van der Waals surface area contributed by atoms with Gasteiger partial charge in [0.25, 0.3) is 0 Å². The first-order valence-corrected chi connectivity index (χ1v) is 15.6. The number of para-hydroxylation sites is 1. The van der Waals surface area contributed by atoms with Crippen molar-refractivity contribution in [2.24, 2.45) is 0 Å². The third-order valence-corrected chi connectivity index (χ3v) is 8.74. The van der Waals surface area contributed by atoms with Gasteiger partial charge in [0.2, 0.25) is 0 Å². The van der Waals surface area contributed by atoms with Crippen LogP contribution in [0.25, 0.3) is 87.3 Å². The molecule has 51 heavy (non-hydrogen) atoms. The van der Waals surface area contributed by atoms with E-state index in [1.807, 2.05) is 24.3 Å². The molecule has 0 fully saturated rings. The summed E-state index contributed by atoms with van der Waals surface area (Å²) in [6.07, 6.45) is 0. The predicted octanol–water partition coefficient (Wildman–Crippen LogP) is 11.4. The lowest BCUT2D eigenvalue weighted by Crippen LogP contribution is -2.00. The number of aromatic nitrogens is 3. The van der Waals surface area contributed by atoms with E-state index in [4.69, 9.17) is 28.1 Å². The van der Waals surface area contributed by atoms with E-state index in [1.54, 1.807) is 78.9 Å². The Hall–Kier alpha value is -7.41. The molecule has 2 aromatic heterocycles. The van der Waals surface area contributed by atoms with Gasteiger partial charge in [0, 0.05) is 21.7 Å². The molecular formula is C42H19F3N6. The summed E-state index contributed by atoms with van der Waals surface area (Å²) in [4.78, 5) is 22.4. The van der Waals surface area contributed by atoms with E-state index in [9.17, 15) is 18.4 Å². The molecule has 8 aromatic rings. The minimum absolute atomic E-state index is 0.0997. The van der Waals surface area contributed by atoms with Gasteiger partial charge in [0.1, 0.15) is 0 Å². The van der Waals surface area contributed by atoms with Crippen molar-refractivity contribution in [1.29, 1.82) is 5.26 Å². The second kappa shape index (κ2) is 12.2. The first-order valence-electron chi connectivity index (χ1n) is 15.6. The number of hydrogen-bond donors (Lipinski definition) is 0. The molecule has 0 unspecified atom stereocenters. The Labute approximate surface area is 289 Å². The molecule has 0 aliphatic rings. The summed E-state index contributed by atoms with van der Waals surface area (Å²) in [6, 6.07) is 34.0. The van der Waals surface area contributed by atoms with E-state index < -0.39 is 17.5 Å². The average Bonchev–Trinajstić information content (AvgIpc) is 3.18. The zero-order chi connectivity index (χ0) is 35.2. The summed E-state index contributed by atoms with van der Waals surface area (Å²) in [5, 5.41) is 12.3. The number of nitriles is 1. The van der Waals surface area contributed by atoms with Gasteiger partial charge in [-0.25, -0.2) is 37.8 Å². The fourth-order valence-corrected chi connectivity index (χ4v) is 6.39. The van der Waals surface area contributed by atoms with Crippen LogP contribution < -0.4 is 0 Å². The Morgan fingerprint density at radius 2 is 1.10 bits per heavy atom. The number of benzene rings is 6. The fraction of sp³-hybridized carbons (Fsp3) is 0. The molecule has 0 saturated carbocycles. The molecule has 0 bridgehead atoms. The first kappa shape index (κ1) is 30.9. The third kappa shape index (κ3) is 5.16. The van der Waals surface area contributed by atoms with E-state index in [1.165, 1.54) is 0 Å². The normalized spacial score (nSPS) is 11.0. The van der Waals surface area contributed by atoms with Crippen molar-refractivity contribution in [3.8, 4) is 51.0 Å². The molecule has 0 aliphatic carbocycles. The van der Waals surface area contributed by atoms with Crippen molar-refractivity contribution in [1.82, 2.24) is 15.0 Å². The van der Waals surface area contributed by atoms with Crippen LogP contribution in [0.2, 0.25) is 0 Å². The van der Waals surface area contributed by atoms with E-state index in [2.05, 4.69) is 15.8 Å². The Kier molecular flexibility index (Phi) is 7.41. The SMILES string of the molecule is [C-]#[N+]c1ccc(-c2nc3cc(C#N)c4c5ccccc5nc(-c5ccccc5-c5cc(F)c(F)c(F)c5)c4c3nc2-c2ccc([N+]#[C-])cc2)cc1. The van der Waals surface area contributed by atoms with Gasteiger partial charge < -0.3 is 0 Å². The van der Waals surface area contributed by atoms with Gasteiger partial charge in [-0.05, 0) is 46.5 Å². The molecular weight excluding hydrogens is 645 g/mol. The number of rotatable bonds is 4. The summed E-state index contributed by atoms with van der Waals surface area (Å²) in [5.74, 6) is -4.22. The van der Waals surface area contributed by atoms with Crippen LogP contribution in [0.3, 0.4) is 0 Å². The Balaban J connectivity index is 1.54. The van der Waals surface area contributed by atoms with Crippen LogP contribution in [0.1, 0.15) is 5.56 Å². The topological polar surface area (TPSA) is 71.2 Å². The average molecular weight is 665 g/mol. The fourth-order valence-electron chi connectivity index (χ4n) is 6.39. The second-order valence-electron chi connectivity index (χ2n) is 11.7. The Bertz CT molecular complexity index is 2840. The summed E-state index contributed by atoms with van der Waals surface area (Å²) >= 11 is 0. The molecule has 238 valence electrons. The van der Waals surface area contributed by atoms with Crippen LogP contribution in [-0.4, -0.2) is 15.0 Å². The summed E-state index contributed by atoms with van der Waals surface area (Å²) in [7, 11) is 0. The van der Waals surface area contributed by atoms with Crippen molar-refractivity contribution < 1.29 is 13.2 Å². The Morgan fingerprint density at radius 3 is 1.71 bits per heavy atom. The van der Waals surface area contributed by atoms with Crippen molar-refractivity contribution in [2.75, 3.05) is 0 Å². The Morgan fingerprint density at radius 1 is 0.549 bits per heavy atom. The molecule has 8 rings (SSSR count). The van der Waals surface area contributed by atoms with Crippen LogP contribution in [0.4, 0.5) is 24.5 Å². The van der Waals surface area contributed by atoms with Gasteiger partial charge in [0.05, 0.1) is 58.4 Å². The molecule has 0 atom stereocenters. The monoisotopic (exact) mass is 664 g/mol. The van der Waals surface area contributed by atoms with Crippen LogP contribution >= 0.6 is 0 Å². The number of pyridine rings is 1. The van der Waals surface area contributed by atoms with Crippen molar-refractivity contribution in [3.05, 3.63) is 161 Å². The number of hydrogen-bond acceptors (Lipinski definition) is 4. The lowest BCUT2D eigenvalue weighted by atomic mass is 9.91. The third-order valence-electron chi connectivity index (χ3n) is 8.74. The smallest absolute Gasteiger partial charge is 0.194 e. The van der Waals surface area contributed by atoms with Gasteiger partial charge in [-0.1, -0.05) is 91.0 Å². The number of fused-ring (bicyclic) bond motifs is 5. The molecule has 0 amide bonds. The number of halogens is 3. The molecule has 0 radical (unpaired) electrons. The van der Waals surface area contributed by atoms with Gasteiger partial charge in [-0.15, -0.1) is 0 Å². The maximum atomic E-state index is 14.6. The van der Waals surface area contributed by atoms with E-state index in [-0.39, 0.29) is 5.56 Å². The van der Waals surface area contributed by atoms with E-state index in [0.717, 1.165) is 12.1 Å². The zero-order valence-electron chi connectivity index (χ0n) is 26.3. The van der Waals surface area contributed by atoms with Crippen LogP contribution in [0, 0.1) is 41.9 Å². The minimum Gasteiger partial charge on any atom is -0.247 e. The van der Waals surface area contributed by atoms with Crippen molar-refractivity contribution >= 4 is 44.1 Å². The summed E-state index contributed by atoms with van der Waals surface area (Å²) in [5.41, 5.74) is 6.25. The summed E-state index contributed by atoms with van der Waals surface area (Å²) in [6.45, 7) is 14.8. The molecule has 2 heterocycles. The molecule has 6 aromatic carbocycles.